The molecule has 0 bridgehead atoms. The number of H-pyrrole nitrogens is 1. The van der Waals surface area contributed by atoms with E-state index in [2.05, 4.69) is 25.8 Å². The second-order valence-electron chi connectivity index (χ2n) is 5.06. The lowest BCUT2D eigenvalue weighted by Gasteiger charge is -2.03. The van der Waals surface area contributed by atoms with E-state index in [1.807, 2.05) is 26.0 Å². The Kier molecular flexibility index (Phi) is 3.50. The summed E-state index contributed by atoms with van der Waals surface area (Å²) < 4.78 is 7.13. The maximum absolute atomic E-state index is 12.1. The highest BCUT2D eigenvalue weighted by molar-refractivity contribution is 5.92. The molecule has 0 saturated heterocycles. The summed E-state index contributed by atoms with van der Waals surface area (Å²) in [4.78, 5) is 12.1. The van der Waals surface area contributed by atoms with Gasteiger partial charge in [0.25, 0.3) is 0 Å². The molecule has 0 aliphatic carbocycles. The average Bonchev–Trinajstić information content (AvgIpc) is 3.15. The van der Waals surface area contributed by atoms with Crippen LogP contribution in [-0.2, 0) is 18.3 Å². The van der Waals surface area contributed by atoms with Crippen molar-refractivity contribution in [1.82, 2.24) is 25.2 Å². The highest BCUT2D eigenvalue weighted by Gasteiger charge is 2.16. The molecule has 2 N–H and O–H groups in total. The van der Waals surface area contributed by atoms with E-state index >= 15 is 0 Å². The van der Waals surface area contributed by atoms with Gasteiger partial charge in [0, 0.05) is 12.6 Å². The van der Waals surface area contributed by atoms with E-state index in [-0.39, 0.29) is 12.3 Å². The van der Waals surface area contributed by atoms with Crippen molar-refractivity contribution in [1.29, 1.82) is 0 Å². The molecule has 0 saturated carbocycles. The van der Waals surface area contributed by atoms with E-state index in [9.17, 15) is 4.79 Å². The highest BCUT2D eigenvalue weighted by Crippen LogP contribution is 2.27. The molecule has 0 aromatic carbocycles. The van der Waals surface area contributed by atoms with Gasteiger partial charge in [-0.15, -0.1) is 5.10 Å². The molecule has 8 heteroatoms. The van der Waals surface area contributed by atoms with Crippen molar-refractivity contribution in [2.24, 2.45) is 7.05 Å². The van der Waals surface area contributed by atoms with Crippen molar-refractivity contribution in [2.75, 3.05) is 5.32 Å². The predicted molar refractivity (Wildman–Crippen MR) is 79.1 cm³/mol. The summed E-state index contributed by atoms with van der Waals surface area (Å²) in [6.07, 6.45) is 1.75. The van der Waals surface area contributed by atoms with Crippen LogP contribution in [0.5, 0.6) is 0 Å². The van der Waals surface area contributed by atoms with Gasteiger partial charge in [-0.05, 0) is 26.0 Å². The first kappa shape index (κ1) is 14.1. The fourth-order valence-corrected chi connectivity index (χ4v) is 2.14. The molecule has 3 rings (SSSR count). The fourth-order valence-electron chi connectivity index (χ4n) is 2.14. The number of hydrogen-bond donors (Lipinski definition) is 2. The predicted octanol–water partition coefficient (Wildman–Crippen LogP) is 1.60. The Labute approximate surface area is 126 Å². The molecule has 0 aliphatic rings. The number of rotatable bonds is 4. The van der Waals surface area contributed by atoms with Crippen LogP contribution in [-0.4, -0.2) is 31.1 Å². The SMILES string of the molecule is Cc1ccc(-c2[nH]nc(NC(=O)Cc3cnnn3C)c2C)o1. The first-order valence-corrected chi connectivity index (χ1v) is 6.80. The number of hydrogen-bond acceptors (Lipinski definition) is 5. The number of amides is 1. The van der Waals surface area contributed by atoms with Gasteiger partial charge in [0.05, 0.1) is 18.3 Å². The van der Waals surface area contributed by atoms with E-state index in [1.165, 1.54) is 0 Å². The van der Waals surface area contributed by atoms with Crippen molar-refractivity contribution in [3.63, 3.8) is 0 Å². The average molecular weight is 300 g/mol. The molecule has 0 fully saturated rings. The Morgan fingerprint density at radius 2 is 2.23 bits per heavy atom. The molecule has 3 aromatic rings. The van der Waals surface area contributed by atoms with Gasteiger partial charge in [-0.25, -0.2) is 0 Å². The highest BCUT2D eigenvalue weighted by atomic mass is 16.3. The number of anilines is 1. The van der Waals surface area contributed by atoms with Crippen molar-refractivity contribution in [2.45, 2.75) is 20.3 Å². The second kappa shape index (κ2) is 5.47. The number of aryl methyl sites for hydroxylation is 2. The van der Waals surface area contributed by atoms with Gasteiger partial charge in [-0.3, -0.25) is 14.6 Å². The van der Waals surface area contributed by atoms with Crippen LogP contribution in [0.4, 0.5) is 5.82 Å². The number of carbonyl (C=O) groups excluding carboxylic acids is 1. The summed E-state index contributed by atoms with van der Waals surface area (Å²) >= 11 is 0. The van der Waals surface area contributed by atoms with E-state index in [1.54, 1.807) is 17.9 Å². The normalized spacial score (nSPS) is 10.9. The zero-order valence-electron chi connectivity index (χ0n) is 12.5. The van der Waals surface area contributed by atoms with Gasteiger partial charge in [0.1, 0.15) is 11.5 Å². The Hall–Kier alpha value is -2.90. The third-order valence-electron chi connectivity index (χ3n) is 3.40. The minimum absolute atomic E-state index is 0.179. The van der Waals surface area contributed by atoms with E-state index < -0.39 is 0 Å². The number of furan rings is 1. The summed E-state index contributed by atoms with van der Waals surface area (Å²) in [6, 6.07) is 3.74. The molecule has 8 nitrogen and oxygen atoms in total. The first-order chi connectivity index (χ1) is 10.5. The minimum Gasteiger partial charge on any atom is -0.460 e. The van der Waals surface area contributed by atoms with Crippen LogP contribution in [0, 0.1) is 13.8 Å². The lowest BCUT2D eigenvalue weighted by atomic mass is 10.2. The number of aromatic amines is 1. The van der Waals surface area contributed by atoms with Crippen LogP contribution in [0.3, 0.4) is 0 Å². The van der Waals surface area contributed by atoms with Crippen LogP contribution >= 0.6 is 0 Å². The van der Waals surface area contributed by atoms with Gasteiger partial charge in [-0.2, -0.15) is 5.10 Å². The summed E-state index contributed by atoms with van der Waals surface area (Å²) in [5.41, 5.74) is 2.31. The zero-order chi connectivity index (χ0) is 15.7. The zero-order valence-corrected chi connectivity index (χ0v) is 12.5. The lowest BCUT2D eigenvalue weighted by Crippen LogP contribution is -2.17. The molecule has 3 heterocycles. The van der Waals surface area contributed by atoms with Crippen molar-refractivity contribution >= 4 is 11.7 Å². The molecule has 1 amide bonds. The topological polar surface area (TPSA) is 102 Å². The molecule has 0 unspecified atom stereocenters. The van der Waals surface area contributed by atoms with Gasteiger partial charge in [-0.1, -0.05) is 5.21 Å². The van der Waals surface area contributed by atoms with Gasteiger partial charge < -0.3 is 9.73 Å². The molecule has 22 heavy (non-hydrogen) atoms. The summed E-state index contributed by atoms with van der Waals surface area (Å²) in [6.45, 7) is 3.75. The second-order valence-corrected chi connectivity index (χ2v) is 5.06. The van der Waals surface area contributed by atoms with Crippen molar-refractivity contribution in [3.05, 3.63) is 35.3 Å². The maximum Gasteiger partial charge on any atom is 0.231 e. The number of nitrogens with zero attached hydrogens (tertiary/aromatic N) is 4. The van der Waals surface area contributed by atoms with Crippen LogP contribution in [0.2, 0.25) is 0 Å². The summed E-state index contributed by atoms with van der Waals surface area (Å²) in [5.74, 6) is 1.82. The summed E-state index contributed by atoms with van der Waals surface area (Å²) in [5, 5.41) is 17.3. The van der Waals surface area contributed by atoms with Gasteiger partial charge >= 0.3 is 0 Å². The molecular weight excluding hydrogens is 284 g/mol. The molecule has 114 valence electrons. The van der Waals surface area contributed by atoms with E-state index in [0.717, 1.165) is 22.7 Å². The number of carbonyl (C=O) groups is 1. The number of nitrogens with one attached hydrogen (secondary N) is 2. The van der Waals surface area contributed by atoms with Crippen molar-refractivity contribution < 1.29 is 9.21 Å². The van der Waals surface area contributed by atoms with Gasteiger partial charge in [0.15, 0.2) is 11.6 Å². The van der Waals surface area contributed by atoms with E-state index in [4.69, 9.17) is 4.42 Å². The lowest BCUT2D eigenvalue weighted by molar-refractivity contribution is -0.115. The quantitative estimate of drug-likeness (QED) is 0.762. The Morgan fingerprint density at radius 1 is 1.41 bits per heavy atom. The van der Waals surface area contributed by atoms with Crippen LogP contribution < -0.4 is 5.32 Å². The van der Waals surface area contributed by atoms with Crippen LogP contribution in [0.15, 0.2) is 22.7 Å². The van der Waals surface area contributed by atoms with Crippen LogP contribution in [0.1, 0.15) is 17.0 Å². The standard InChI is InChI=1S/C14H16N6O2/c1-8-4-5-11(22-8)13-9(2)14(18-17-13)16-12(21)6-10-7-15-19-20(10)3/h4-5,7H,6H2,1-3H3,(H2,16,17,18,21). The fraction of sp³-hybridized carbons (Fsp3) is 0.286. The molecule has 3 aromatic heterocycles. The monoisotopic (exact) mass is 300 g/mol. The third-order valence-corrected chi connectivity index (χ3v) is 3.40. The van der Waals surface area contributed by atoms with Crippen LogP contribution in [0.25, 0.3) is 11.5 Å². The Bertz CT molecular complexity index is 813. The smallest absolute Gasteiger partial charge is 0.231 e. The van der Waals surface area contributed by atoms with Gasteiger partial charge in [0.2, 0.25) is 5.91 Å². The molecule has 0 spiro atoms. The largest absolute Gasteiger partial charge is 0.460 e. The molecule has 0 aliphatic heterocycles. The third kappa shape index (κ3) is 2.62. The van der Waals surface area contributed by atoms with E-state index in [0.29, 0.717) is 11.6 Å². The minimum atomic E-state index is -0.179. The first-order valence-electron chi connectivity index (χ1n) is 6.80. The molecule has 0 atom stereocenters. The van der Waals surface area contributed by atoms with Crippen molar-refractivity contribution in [3.8, 4) is 11.5 Å². The number of aromatic nitrogens is 5. The molecule has 0 radical (unpaired) electrons. The Balaban J connectivity index is 1.75. The Morgan fingerprint density at radius 3 is 2.86 bits per heavy atom. The molecular formula is C14H16N6O2. The summed E-state index contributed by atoms with van der Waals surface area (Å²) in [7, 11) is 1.74. The maximum atomic E-state index is 12.1.